The Hall–Kier alpha value is -1.88. The predicted octanol–water partition coefficient (Wildman–Crippen LogP) is 3.37. The fourth-order valence-corrected chi connectivity index (χ4v) is 2.34. The summed E-state index contributed by atoms with van der Waals surface area (Å²) < 4.78 is 5.52. The molecule has 1 amide bonds. The molecule has 0 radical (unpaired) electrons. The zero-order valence-electron chi connectivity index (χ0n) is 14.4. The van der Waals surface area contributed by atoms with E-state index in [-0.39, 0.29) is 18.4 Å². The second-order valence-corrected chi connectivity index (χ2v) is 6.07. The van der Waals surface area contributed by atoms with Gasteiger partial charge in [-0.1, -0.05) is 26.0 Å². The van der Waals surface area contributed by atoms with Gasteiger partial charge in [0.2, 0.25) is 0 Å². The largest absolute Gasteiger partial charge is 0.481 e. The van der Waals surface area contributed by atoms with E-state index in [1.54, 1.807) is 12.1 Å². The van der Waals surface area contributed by atoms with Gasteiger partial charge < -0.3 is 15.2 Å². The molecule has 0 atom stereocenters. The van der Waals surface area contributed by atoms with E-state index in [1.165, 1.54) is 0 Å². The Labute approximate surface area is 138 Å². The smallest absolute Gasteiger partial charge is 0.305 e. The SMILES string of the molecule is CCC(CC)(CC(=O)O)NC(=O)c1ccc(COC(C)C)cc1. The van der Waals surface area contributed by atoms with Crippen molar-refractivity contribution in [2.24, 2.45) is 0 Å². The lowest BCUT2D eigenvalue weighted by Gasteiger charge is -2.31. The van der Waals surface area contributed by atoms with Crippen LogP contribution in [0.3, 0.4) is 0 Å². The third-order valence-electron chi connectivity index (χ3n) is 4.02. The molecule has 2 N–H and O–H groups in total. The van der Waals surface area contributed by atoms with Crippen LogP contribution in [0.2, 0.25) is 0 Å². The zero-order chi connectivity index (χ0) is 17.5. The molecule has 5 nitrogen and oxygen atoms in total. The molecule has 0 heterocycles. The van der Waals surface area contributed by atoms with Gasteiger partial charge in [0, 0.05) is 5.56 Å². The summed E-state index contributed by atoms with van der Waals surface area (Å²) in [5, 5.41) is 12.0. The lowest BCUT2D eigenvalue weighted by molar-refractivity contribution is -0.138. The van der Waals surface area contributed by atoms with Crippen molar-refractivity contribution < 1.29 is 19.4 Å². The summed E-state index contributed by atoms with van der Waals surface area (Å²) >= 11 is 0. The summed E-state index contributed by atoms with van der Waals surface area (Å²) in [4.78, 5) is 23.5. The third-order valence-corrected chi connectivity index (χ3v) is 4.02. The van der Waals surface area contributed by atoms with Crippen LogP contribution in [0.4, 0.5) is 0 Å². The second kappa shape index (κ2) is 8.67. The fraction of sp³-hybridized carbons (Fsp3) is 0.556. The molecule has 128 valence electrons. The molecule has 1 aromatic rings. The number of carboxylic acids is 1. The topological polar surface area (TPSA) is 75.6 Å². The Morgan fingerprint density at radius 1 is 1.17 bits per heavy atom. The molecular formula is C18H27NO4. The lowest BCUT2D eigenvalue weighted by Crippen LogP contribution is -2.49. The average molecular weight is 321 g/mol. The number of benzene rings is 1. The van der Waals surface area contributed by atoms with E-state index in [9.17, 15) is 9.59 Å². The minimum Gasteiger partial charge on any atom is -0.481 e. The van der Waals surface area contributed by atoms with Crippen LogP contribution >= 0.6 is 0 Å². The van der Waals surface area contributed by atoms with Crippen LogP contribution in [0, 0.1) is 0 Å². The van der Waals surface area contributed by atoms with E-state index in [0.717, 1.165) is 5.56 Å². The fourth-order valence-electron chi connectivity index (χ4n) is 2.34. The molecule has 0 aliphatic heterocycles. The molecule has 1 rings (SSSR count). The van der Waals surface area contributed by atoms with Gasteiger partial charge in [-0.05, 0) is 44.4 Å². The minimum absolute atomic E-state index is 0.0773. The molecule has 0 aliphatic carbocycles. The van der Waals surface area contributed by atoms with Crippen LogP contribution in [0.1, 0.15) is 62.9 Å². The first-order chi connectivity index (χ1) is 10.8. The number of aliphatic carboxylic acids is 1. The highest BCUT2D eigenvalue weighted by atomic mass is 16.5. The monoisotopic (exact) mass is 321 g/mol. The van der Waals surface area contributed by atoms with Gasteiger partial charge in [-0.15, -0.1) is 0 Å². The second-order valence-electron chi connectivity index (χ2n) is 6.07. The van der Waals surface area contributed by atoms with Gasteiger partial charge in [0.15, 0.2) is 0 Å². The Morgan fingerprint density at radius 2 is 1.74 bits per heavy atom. The highest BCUT2D eigenvalue weighted by molar-refractivity contribution is 5.95. The molecule has 0 unspecified atom stereocenters. The van der Waals surface area contributed by atoms with Crippen LogP contribution in [-0.4, -0.2) is 28.6 Å². The number of carbonyl (C=O) groups is 2. The van der Waals surface area contributed by atoms with Crippen LogP contribution < -0.4 is 5.32 Å². The maximum atomic E-state index is 12.4. The number of amides is 1. The third kappa shape index (κ3) is 6.02. The molecule has 23 heavy (non-hydrogen) atoms. The Kier molecular flexibility index (Phi) is 7.23. The Bertz CT molecular complexity index is 518. The van der Waals surface area contributed by atoms with E-state index in [0.29, 0.717) is 25.0 Å². The van der Waals surface area contributed by atoms with E-state index in [2.05, 4.69) is 5.32 Å². The Balaban J connectivity index is 2.77. The van der Waals surface area contributed by atoms with Gasteiger partial charge in [-0.25, -0.2) is 0 Å². The number of nitrogens with one attached hydrogen (secondary N) is 1. The molecule has 0 bridgehead atoms. The highest BCUT2D eigenvalue weighted by Crippen LogP contribution is 2.21. The number of hydrogen-bond acceptors (Lipinski definition) is 3. The molecule has 0 spiro atoms. The first-order valence-electron chi connectivity index (χ1n) is 8.06. The minimum atomic E-state index is -0.907. The van der Waals surface area contributed by atoms with E-state index in [1.807, 2.05) is 39.8 Å². The normalized spacial score (nSPS) is 11.5. The van der Waals surface area contributed by atoms with Crippen molar-refractivity contribution in [2.75, 3.05) is 0 Å². The van der Waals surface area contributed by atoms with Crippen molar-refractivity contribution in [1.82, 2.24) is 5.32 Å². The molecule has 0 saturated heterocycles. The first kappa shape index (κ1) is 19.2. The maximum Gasteiger partial charge on any atom is 0.305 e. The average Bonchev–Trinajstić information content (AvgIpc) is 2.52. The van der Waals surface area contributed by atoms with Crippen LogP contribution in [0.15, 0.2) is 24.3 Å². The van der Waals surface area contributed by atoms with Gasteiger partial charge in [-0.3, -0.25) is 9.59 Å². The summed E-state index contributed by atoms with van der Waals surface area (Å²) in [6.45, 7) is 8.23. The number of hydrogen-bond donors (Lipinski definition) is 2. The summed E-state index contributed by atoms with van der Waals surface area (Å²) in [6.07, 6.45) is 1.22. The van der Waals surface area contributed by atoms with Crippen molar-refractivity contribution in [2.45, 2.75) is 65.2 Å². The quantitative estimate of drug-likeness (QED) is 0.731. The van der Waals surface area contributed by atoms with E-state index >= 15 is 0 Å². The number of rotatable bonds is 9. The number of carbonyl (C=O) groups excluding carboxylic acids is 1. The van der Waals surface area contributed by atoms with E-state index < -0.39 is 11.5 Å². The van der Waals surface area contributed by atoms with Crippen molar-refractivity contribution >= 4 is 11.9 Å². The molecule has 0 aliphatic rings. The standard InChI is InChI=1S/C18H27NO4/c1-5-18(6-2,11-16(20)21)19-17(22)15-9-7-14(8-10-15)12-23-13(3)4/h7-10,13H,5-6,11-12H2,1-4H3,(H,19,22)(H,20,21). The molecule has 0 fully saturated rings. The van der Waals surface area contributed by atoms with Crippen LogP contribution in [0.5, 0.6) is 0 Å². The number of carboxylic acid groups (broad SMARTS) is 1. The molecule has 0 aromatic heterocycles. The summed E-state index contributed by atoms with van der Waals surface area (Å²) in [6, 6.07) is 7.19. The predicted molar refractivity (Wildman–Crippen MR) is 89.4 cm³/mol. The molecule has 5 heteroatoms. The number of ether oxygens (including phenoxy) is 1. The first-order valence-corrected chi connectivity index (χ1v) is 8.06. The lowest BCUT2D eigenvalue weighted by atomic mass is 9.88. The summed E-state index contributed by atoms with van der Waals surface area (Å²) in [5.74, 6) is -1.15. The van der Waals surface area contributed by atoms with Gasteiger partial charge in [-0.2, -0.15) is 0 Å². The highest BCUT2D eigenvalue weighted by Gasteiger charge is 2.31. The maximum absolute atomic E-state index is 12.4. The van der Waals surface area contributed by atoms with Crippen molar-refractivity contribution in [3.8, 4) is 0 Å². The molecule has 1 aromatic carbocycles. The molecule has 0 saturated carbocycles. The Morgan fingerprint density at radius 3 is 2.17 bits per heavy atom. The van der Waals surface area contributed by atoms with Gasteiger partial charge in [0.05, 0.1) is 24.7 Å². The molecular weight excluding hydrogens is 294 g/mol. The summed E-state index contributed by atoms with van der Waals surface area (Å²) in [7, 11) is 0. The zero-order valence-corrected chi connectivity index (χ0v) is 14.4. The van der Waals surface area contributed by atoms with Crippen LogP contribution in [0.25, 0.3) is 0 Å². The van der Waals surface area contributed by atoms with Crippen molar-refractivity contribution in [1.29, 1.82) is 0 Å². The van der Waals surface area contributed by atoms with Gasteiger partial charge >= 0.3 is 5.97 Å². The van der Waals surface area contributed by atoms with Crippen molar-refractivity contribution in [3.05, 3.63) is 35.4 Å². The van der Waals surface area contributed by atoms with Crippen molar-refractivity contribution in [3.63, 3.8) is 0 Å². The summed E-state index contributed by atoms with van der Waals surface area (Å²) in [5.41, 5.74) is 0.815. The van der Waals surface area contributed by atoms with Gasteiger partial charge in [0.1, 0.15) is 0 Å². The van der Waals surface area contributed by atoms with Gasteiger partial charge in [0.25, 0.3) is 5.91 Å². The van der Waals surface area contributed by atoms with E-state index in [4.69, 9.17) is 9.84 Å². The van der Waals surface area contributed by atoms with Crippen LogP contribution in [-0.2, 0) is 16.1 Å².